The molecule has 0 bridgehead atoms. The minimum atomic E-state index is 0.729. The van der Waals surface area contributed by atoms with Crippen LogP contribution in [-0.4, -0.2) is 10.5 Å². The Hall–Kier alpha value is 0.350. The first kappa shape index (κ1) is 9.89. The van der Waals surface area contributed by atoms with Gasteiger partial charge in [0, 0.05) is 4.75 Å². The highest BCUT2D eigenvalue weighted by Gasteiger charge is 2.44. The number of hydrogen-bond acceptors (Lipinski definition) is 1. The predicted molar refractivity (Wildman–Crippen MR) is 61.2 cm³/mol. The van der Waals surface area contributed by atoms with E-state index in [1.807, 2.05) is 0 Å². The first-order valence-corrected chi connectivity index (χ1v) is 6.87. The molecule has 13 heavy (non-hydrogen) atoms. The summed E-state index contributed by atoms with van der Waals surface area (Å²) in [5, 5.41) is 0. The Morgan fingerprint density at radius 1 is 1.15 bits per heavy atom. The molecule has 1 aliphatic heterocycles. The molecular weight excluding hydrogens is 176 g/mol. The van der Waals surface area contributed by atoms with Gasteiger partial charge >= 0.3 is 0 Å². The molecule has 0 aromatic carbocycles. The average molecular weight is 198 g/mol. The van der Waals surface area contributed by atoms with E-state index in [-0.39, 0.29) is 0 Å². The zero-order valence-corrected chi connectivity index (χ0v) is 9.83. The van der Waals surface area contributed by atoms with E-state index in [1.165, 1.54) is 44.3 Å². The van der Waals surface area contributed by atoms with Crippen LogP contribution in [0.2, 0.25) is 0 Å². The summed E-state index contributed by atoms with van der Waals surface area (Å²) in [7, 11) is 0. The second-order valence-electron chi connectivity index (χ2n) is 5.11. The molecule has 76 valence electrons. The largest absolute Gasteiger partial charge is 0.155 e. The highest BCUT2D eigenvalue weighted by molar-refractivity contribution is 8.00. The van der Waals surface area contributed by atoms with Crippen LogP contribution >= 0.6 is 11.8 Å². The van der Waals surface area contributed by atoms with E-state index >= 15 is 0 Å². The summed E-state index contributed by atoms with van der Waals surface area (Å²) in [4.78, 5) is 0. The summed E-state index contributed by atoms with van der Waals surface area (Å²) in [5.41, 5.74) is 0. The third-order valence-electron chi connectivity index (χ3n) is 3.98. The molecule has 1 heteroatoms. The lowest BCUT2D eigenvalue weighted by atomic mass is 9.82. The lowest BCUT2D eigenvalue weighted by Crippen LogP contribution is -2.35. The fourth-order valence-corrected chi connectivity index (χ4v) is 5.31. The second-order valence-corrected chi connectivity index (χ2v) is 6.62. The summed E-state index contributed by atoms with van der Waals surface area (Å²) in [6, 6.07) is 0. The van der Waals surface area contributed by atoms with Crippen molar-refractivity contribution in [1.82, 2.24) is 0 Å². The zero-order chi connectivity index (χ0) is 9.31. The number of hydrogen-bond donors (Lipinski definition) is 0. The lowest BCUT2D eigenvalue weighted by Gasteiger charge is -2.40. The topological polar surface area (TPSA) is 0 Å². The highest BCUT2D eigenvalue weighted by Crippen LogP contribution is 2.54. The fourth-order valence-electron chi connectivity index (χ4n) is 3.37. The van der Waals surface area contributed by atoms with E-state index in [4.69, 9.17) is 0 Å². The van der Waals surface area contributed by atoms with Crippen molar-refractivity contribution in [1.29, 1.82) is 0 Å². The van der Waals surface area contributed by atoms with Crippen LogP contribution < -0.4 is 0 Å². The number of thioether (sulfide) groups is 1. The minimum Gasteiger partial charge on any atom is -0.155 e. The van der Waals surface area contributed by atoms with Crippen molar-refractivity contribution in [2.45, 2.75) is 57.1 Å². The van der Waals surface area contributed by atoms with Crippen molar-refractivity contribution in [3.63, 3.8) is 0 Å². The van der Waals surface area contributed by atoms with E-state index in [9.17, 15) is 0 Å². The Bertz CT molecular complexity index is 168. The number of rotatable bonds is 1. The van der Waals surface area contributed by atoms with Crippen molar-refractivity contribution < 1.29 is 0 Å². The standard InChI is InChI=1S/C12H22S/c1-10(2)11-6-5-8-12(11)7-3-4-9-13-12/h10-11H,3-9H2,1-2H3. The molecule has 1 saturated heterocycles. The predicted octanol–water partition coefficient (Wildman–Crippen LogP) is 4.10. The van der Waals surface area contributed by atoms with Crippen LogP contribution in [0.25, 0.3) is 0 Å². The van der Waals surface area contributed by atoms with Gasteiger partial charge in [-0.3, -0.25) is 0 Å². The van der Waals surface area contributed by atoms with E-state index < -0.39 is 0 Å². The van der Waals surface area contributed by atoms with Gasteiger partial charge in [-0.15, -0.1) is 0 Å². The van der Waals surface area contributed by atoms with E-state index in [0.29, 0.717) is 0 Å². The van der Waals surface area contributed by atoms with E-state index in [1.54, 1.807) is 0 Å². The molecule has 2 rings (SSSR count). The van der Waals surface area contributed by atoms with Gasteiger partial charge in [0.1, 0.15) is 0 Å². The molecule has 1 saturated carbocycles. The van der Waals surface area contributed by atoms with Gasteiger partial charge in [0.15, 0.2) is 0 Å². The van der Waals surface area contributed by atoms with Gasteiger partial charge in [-0.2, -0.15) is 11.8 Å². The molecule has 0 aromatic heterocycles. The maximum Gasteiger partial charge on any atom is 0.0190 e. The molecular formula is C12H22S. The van der Waals surface area contributed by atoms with E-state index in [2.05, 4.69) is 25.6 Å². The molecule has 0 radical (unpaired) electrons. The first-order valence-electron chi connectivity index (χ1n) is 5.88. The smallest absolute Gasteiger partial charge is 0.0190 e. The van der Waals surface area contributed by atoms with Crippen molar-refractivity contribution in [3.05, 3.63) is 0 Å². The zero-order valence-electron chi connectivity index (χ0n) is 9.01. The van der Waals surface area contributed by atoms with Gasteiger partial charge in [0.05, 0.1) is 0 Å². The van der Waals surface area contributed by atoms with Gasteiger partial charge in [-0.1, -0.05) is 26.7 Å². The van der Waals surface area contributed by atoms with Gasteiger partial charge in [-0.25, -0.2) is 0 Å². The Morgan fingerprint density at radius 2 is 1.92 bits per heavy atom. The Kier molecular flexibility index (Phi) is 2.92. The van der Waals surface area contributed by atoms with Crippen LogP contribution in [0.3, 0.4) is 0 Å². The van der Waals surface area contributed by atoms with Crippen LogP contribution in [0.1, 0.15) is 52.4 Å². The Morgan fingerprint density at radius 3 is 2.54 bits per heavy atom. The van der Waals surface area contributed by atoms with Gasteiger partial charge in [0.2, 0.25) is 0 Å². The molecule has 0 nitrogen and oxygen atoms in total. The molecule has 1 aliphatic carbocycles. The molecule has 0 amide bonds. The maximum atomic E-state index is 2.42. The van der Waals surface area contributed by atoms with Crippen LogP contribution in [0.4, 0.5) is 0 Å². The molecule has 1 heterocycles. The SMILES string of the molecule is CC(C)C1CCCC12CCCCS2. The fraction of sp³-hybridized carbons (Fsp3) is 1.00. The van der Waals surface area contributed by atoms with E-state index in [0.717, 1.165) is 16.6 Å². The molecule has 2 fully saturated rings. The normalized spacial score (nSPS) is 40.4. The van der Waals surface area contributed by atoms with Crippen molar-refractivity contribution in [2.24, 2.45) is 11.8 Å². The summed E-state index contributed by atoms with van der Waals surface area (Å²) < 4.78 is 0.729. The highest BCUT2D eigenvalue weighted by atomic mass is 32.2. The molecule has 1 spiro atoms. The summed E-state index contributed by atoms with van der Waals surface area (Å²) in [6.45, 7) is 4.85. The molecule has 2 unspecified atom stereocenters. The van der Waals surface area contributed by atoms with Gasteiger partial charge in [0.25, 0.3) is 0 Å². The third kappa shape index (κ3) is 1.77. The van der Waals surface area contributed by atoms with Crippen LogP contribution in [-0.2, 0) is 0 Å². The van der Waals surface area contributed by atoms with Crippen molar-refractivity contribution >= 4 is 11.8 Å². The molecule has 0 N–H and O–H groups in total. The van der Waals surface area contributed by atoms with Gasteiger partial charge in [-0.05, 0) is 43.3 Å². The first-order chi connectivity index (χ1) is 6.25. The summed E-state index contributed by atoms with van der Waals surface area (Å²) in [5.74, 6) is 3.37. The van der Waals surface area contributed by atoms with Crippen molar-refractivity contribution in [3.8, 4) is 0 Å². The maximum absolute atomic E-state index is 2.42. The van der Waals surface area contributed by atoms with Gasteiger partial charge < -0.3 is 0 Å². The van der Waals surface area contributed by atoms with Crippen molar-refractivity contribution in [2.75, 3.05) is 5.75 Å². The van der Waals surface area contributed by atoms with Crippen LogP contribution in [0, 0.1) is 11.8 Å². The quantitative estimate of drug-likeness (QED) is 0.611. The summed E-state index contributed by atoms with van der Waals surface area (Å²) >= 11 is 2.31. The third-order valence-corrected chi connectivity index (χ3v) is 5.76. The molecule has 2 aliphatic rings. The van der Waals surface area contributed by atoms with Crippen LogP contribution in [0.15, 0.2) is 0 Å². The molecule has 2 atom stereocenters. The minimum absolute atomic E-state index is 0.729. The Balaban J connectivity index is 2.09. The Labute approximate surface area is 86.9 Å². The second kappa shape index (κ2) is 3.84. The summed E-state index contributed by atoms with van der Waals surface area (Å²) in [6.07, 6.45) is 9.00. The lowest BCUT2D eigenvalue weighted by molar-refractivity contribution is 0.304. The monoisotopic (exact) mass is 198 g/mol. The average Bonchev–Trinajstić information content (AvgIpc) is 2.50. The molecule has 0 aromatic rings. The van der Waals surface area contributed by atoms with Crippen LogP contribution in [0.5, 0.6) is 0 Å².